The highest BCUT2D eigenvalue weighted by atomic mass is 16.1. The summed E-state index contributed by atoms with van der Waals surface area (Å²) in [5, 5.41) is 2.94. The first-order chi connectivity index (χ1) is 11.7. The fourth-order valence-electron chi connectivity index (χ4n) is 2.89. The number of nitrogens with one attached hydrogen (secondary N) is 1. The van der Waals surface area contributed by atoms with Gasteiger partial charge < -0.3 is 11.1 Å². The van der Waals surface area contributed by atoms with Crippen LogP contribution in [0.4, 0.5) is 0 Å². The quantitative estimate of drug-likeness (QED) is 0.840. The average molecular weight is 319 g/mol. The average Bonchev–Trinajstić information content (AvgIpc) is 2.94. The molecule has 24 heavy (non-hydrogen) atoms. The number of amides is 1. The Hall–Kier alpha value is -2.61. The maximum absolute atomic E-state index is 12.0. The van der Waals surface area contributed by atoms with Gasteiger partial charge in [-0.3, -0.25) is 9.69 Å². The molecule has 0 aromatic heterocycles. The summed E-state index contributed by atoms with van der Waals surface area (Å²) in [4.78, 5) is 14.3. The summed E-state index contributed by atoms with van der Waals surface area (Å²) >= 11 is 0. The van der Waals surface area contributed by atoms with E-state index in [9.17, 15) is 4.79 Å². The third-order valence-corrected chi connectivity index (χ3v) is 4.10. The molecule has 0 aliphatic carbocycles. The lowest BCUT2D eigenvalue weighted by Crippen LogP contribution is -2.46. The van der Waals surface area contributed by atoms with Gasteiger partial charge in [-0.2, -0.15) is 0 Å². The fraction of sp³-hybridized carbons (Fsp3) is 0.250. The first-order valence-electron chi connectivity index (χ1n) is 8.10. The van der Waals surface area contributed by atoms with Crippen molar-refractivity contribution in [1.82, 2.24) is 10.2 Å². The highest BCUT2D eigenvalue weighted by Crippen LogP contribution is 2.13. The molecule has 1 amide bonds. The zero-order valence-corrected chi connectivity index (χ0v) is 13.5. The number of carbonyl (C=O) groups excluding carboxylic acids is 1. The van der Waals surface area contributed by atoms with Crippen LogP contribution in [0.25, 0.3) is 0 Å². The van der Waals surface area contributed by atoms with Crippen LogP contribution in [0.5, 0.6) is 0 Å². The Kier molecular flexibility index (Phi) is 5.27. The second-order valence-electron chi connectivity index (χ2n) is 6.04. The minimum Gasteiger partial charge on any atom is -0.340 e. The van der Waals surface area contributed by atoms with Crippen LogP contribution < -0.4 is 11.1 Å². The Morgan fingerprint density at radius 1 is 1.08 bits per heavy atom. The predicted octanol–water partition coefficient (Wildman–Crippen LogP) is 1.37. The van der Waals surface area contributed by atoms with Crippen LogP contribution in [0.15, 0.2) is 60.7 Å². The van der Waals surface area contributed by atoms with Crippen LogP contribution in [0.2, 0.25) is 0 Å². The van der Waals surface area contributed by atoms with Gasteiger partial charge in [0.05, 0.1) is 6.04 Å². The maximum atomic E-state index is 12.0. The van der Waals surface area contributed by atoms with E-state index in [4.69, 9.17) is 5.73 Å². The Labute approximate surface area is 142 Å². The van der Waals surface area contributed by atoms with Gasteiger partial charge in [0.25, 0.3) is 5.91 Å². The lowest BCUT2D eigenvalue weighted by molar-refractivity contribution is -0.116. The zero-order valence-electron chi connectivity index (χ0n) is 13.5. The first kappa shape index (κ1) is 16.3. The number of nitrogens with two attached hydrogens (primary N) is 1. The number of nitrogens with zero attached hydrogens (tertiary/aromatic N) is 1. The second kappa shape index (κ2) is 7.78. The van der Waals surface area contributed by atoms with Gasteiger partial charge in [0.2, 0.25) is 0 Å². The molecule has 3 N–H and O–H groups in total. The Balaban J connectivity index is 1.54. The molecule has 0 unspecified atom stereocenters. The molecular weight excluding hydrogens is 298 g/mol. The van der Waals surface area contributed by atoms with Crippen LogP contribution in [0, 0.1) is 11.8 Å². The van der Waals surface area contributed by atoms with E-state index in [1.807, 2.05) is 48.5 Å². The number of rotatable bonds is 3. The summed E-state index contributed by atoms with van der Waals surface area (Å²) in [5.41, 5.74) is 8.25. The minimum absolute atomic E-state index is 0.0636. The third kappa shape index (κ3) is 4.45. The van der Waals surface area contributed by atoms with Gasteiger partial charge in [0.1, 0.15) is 0 Å². The van der Waals surface area contributed by atoms with Crippen molar-refractivity contribution in [3.05, 3.63) is 71.8 Å². The molecular formula is C20H21N3O. The summed E-state index contributed by atoms with van der Waals surface area (Å²) in [5.74, 6) is 5.23. The normalized spacial score (nSPS) is 20.2. The van der Waals surface area contributed by atoms with Gasteiger partial charge >= 0.3 is 0 Å². The molecule has 4 nitrogen and oxygen atoms in total. The van der Waals surface area contributed by atoms with Crippen molar-refractivity contribution >= 4 is 5.91 Å². The number of carbonyl (C=O) groups is 1. The summed E-state index contributed by atoms with van der Waals surface area (Å²) in [6.07, 6.45) is 0. The fourth-order valence-corrected chi connectivity index (χ4v) is 2.89. The number of hydrogen-bond acceptors (Lipinski definition) is 3. The number of likely N-dealkylation sites (tertiary alicyclic amines) is 1. The monoisotopic (exact) mass is 319 g/mol. The van der Waals surface area contributed by atoms with E-state index >= 15 is 0 Å². The Morgan fingerprint density at radius 2 is 1.75 bits per heavy atom. The molecule has 122 valence electrons. The highest BCUT2D eigenvalue weighted by molar-refractivity contribution is 5.94. The molecule has 2 aromatic carbocycles. The maximum Gasteiger partial charge on any atom is 0.296 e. The molecule has 1 heterocycles. The van der Waals surface area contributed by atoms with E-state index in [1.54, 1.807) is 0 Å². The smallest absolute Gasteiger partial charge is 0.296 e. The van der Waals surface area contributed by atoms with E-state index in [-0.39, 0.29) is 18.0 Å². The molecule has 0 saturated carbocycles. The zero-order chi connectivity index (χ0) is 16.8. The van der Waals surface area contributed by atoms with Crippen molar-refractivity contribution in [2.45, 2.75) is 18.6 Å². The third-order valence-electron chi connectivity index (χ3n) is 4.10. The van der Waals surface area contributed by atoms with E-state index in [0.717, 1.165) is 25.2 Å². The van der Waals surface area contributed by atoms with Gasteiger partial charge in [-0.25, -0.2) is 0 Å². The van der Waals surface area contributed by atoms with Crippen LogP contribution in [-0.4, -0.2) is 36.0 Å². The standard InChI is InChI=1S/C20H21N3O/c21-18-14-23(13-17-9-5-2-6-10-17)15-19(18)22-20(24)12-11-16-7-3-1-4-8-16/h1-10,18-19H,13-15,21H2,(H,22,24)/t18-,19+/m1/s1. The molecule has 2 atom stereocenters. The highest BCUT2D eigenvalue weighted by Gasteiger charge is 2.30. The minimum atomic E-state index is -0.277. The second-order valence-corrected chi connectivity index (χ2v) is 6.04. The van der Waals surface area contributed by atoms with Gasteiger partial charge in [-0.05, 0) is 17.7 Å². The largest absolute Gasteiger partial charge is 0.340 e. The lowest BCUT2D eigenvalue weighted by Gasteiger charge is -2.15. The van der Waals surface area contributed by atoms with Crippen molar-refractivity contribution in [3.63, 3.8) is 0 Å². The van der Waals surface area contributed by atoms with Gasteiger partial charge in [-0.15, -0.1) is 0 Å². The van der Waals surface area contributed by atoms with E-state index < -0.39 is 0 Å². The number of hydrogen-bond donors (Lipinski definition) is 2. The van der Waals surface area contributed by atoms with Crippen molar-refractivity contribution in [3.8, 4) is 11.8 Å². The van der Waals surface area contributed by atoms with Crippen LogP contribution in [0.1, 0.15) is 11.1 Å². The molecule has 0 radical (unpaired) electrons. The predicted molar refractivity (Wildman–Crippen MR) is 94.9 cm³/mol. The molecule has 2 aromatic rings. The summed E-state index contributed by atoms with van der Waals surface area (Å²) in [6.45, 7) is 2.36. The molecule has 1 saturated heterocycles. The summed E-state index contributed by atoms with van der Waals surface area (Å²) < 4.78 is 0. The van der Waals surface area contributed by atoms with Crippen molar-refractivity contribution in [2.24, 2.45) is 5.73 Å². The summed E-state index contributed by atoms with van der Waals surface area (Å²) in [7, 11) is 0. The van der Waals surface area contributed by atoms with Gasteiger partial charge in [0.15, 0.2) is 0 Å². The van der Waals surface area contributed by atoms with E-state index in [0.29, 0.717) is 0 Å². The summed E-state index contributed by atoms with van der Waals surface area (Å²) in [6, 6.07) is 19.6. The Bertz CT molecular complexity index is 734. The van der Waals surface area contributed by atoms with E-state index in [1.165, 1.54) is 5.56 Å². The van der Waals surface area contributed by atoms with Crippen molar-refractivity contribution < 1.29 is 4.79 Å². The lowest BCUT2D eigenvalue weighted by atomic mass is 10.2. The molecule has 1 aliphatic rings. The van der Waals surface area contributed by atoms with Crippen LogP contribution in [-0.2, 0) is 11.3 Å². The van der Waals surface area contributed by atoms with E-state index in [2.05, 4.69) is 34.2 Å². The van der Waals surface area contributed by atoms with Crippen molar-refractivity contribution in [2.75, 3.05) is 13.1 Å². The van der Waals surface area contributed by atoms with Gasteiger partial charge in [-0.1, -0.05) is 54.5 Å². The molecule has 3 rings (SSSR count). The molecule has 1 fully saturated rings. The number of benzene rings is 2. The van der Waals surface area contributed by atoms with Crippen molar-refractivity contribution in [1.29, 1.82) is 0 Å². The molecule has 4 heteroatoms. The Morgan fingerprint density at radius 3 is 2.46 bits per heavy atom. The molecule has 0 spiro atoms. The van der Waals surface area contributed by atoms with Crippen LogP contribution >= 0.6 is 0 Å². The molecule has 0 bridgehead atoms. The topological polar surface area (TPSA) is 58.4 Å². The SMILES string of the molecule is N[C@@H]1CN(Cc2ccccc2)C[C@@H]1NC(=O)C#Cc1ccccc1. The molecule has 1 aliphatic heterocycles. The van der Waals surface area contributed by atoms with Gasteiger partial charge in [0, 0.05) is 37.2 Å². The first-order valence-corrected chi connectivity index (χ1v) is 8.10. The van der Waals surface area contributed by atoms with Crippen LogP contribution in [0.3, 0.4) is 0 Å².